The van der Waals surface area contributed by atoms with Gasteiger partial charge in [-0.1, -0.05) is 6.92 Å². The number of hydrogen-bond donors (Lipinski definition) is 4. The van der Waals surface area contributed by atoms with Crippen LogP contribution in [-0.4, -0.2) is 34.8 Å². The maximum absolute atomic E-state index is 4.25. The van der Waals surface area contributed by atoms with E-state index in [-0.39, 0.29) is 0 Å². The molecule has 0 aliphatic heterocycles. The third kappa shape index (κ3) is 5.54. The summed E-state index contributed by atoms with van der Waals surface area (Å²) in [6, 6.07) is 0. The zero-order chi connectivity index (χ0) is 15.0. The Labute approximate surface area is 131 Å². The maximum atomic E-state index is 4.25. The van der Waals surface area contributed by atoms with Gasteiger partial charge in [-0.2, -0.15) is 10.2 Å². The van der Waals surface area contributed by atoms with Crippen molar-refractivity contribution in [2.24, 2.45) is 26.3 Å². The second-order valence-corrected chi connectivity index (χ2v) is 5.23. The van der Waals surface area contributed by atoms with Crippen LogP contribution in [0.1, 0.15) is 33.6 Å². The van der Waals surface area contributed by atoms with Crippen molar-refractivity contribution in [3.05, 3.63) is 0 Å². The van der Waals surface area contributed by atoms with Crippen LogP contribution in [0.4, 0.5) is 0 Å². The highest BCUT2D eigenvalue weighted by Gasteiger charge is 2.25. The van der Waals surface area contributed by atoms with Crippen molar-refractivity contribution in [2.45, 2.75) is 33.6 Å². The van der Waals surface area contributed by atoms with E-state index >= 15 is 0 Å². The first-order chi connectivity index (χ1) is 9.58. The molecule has 20 heavy (non-hydrogen) atoms. The van der Waals surface area contributed by atoms with Gasteiger partial charge in [0.15, 0.2) is 10.3 Å². The summed E-state index contributed by atoms with van der Waals surface area (Å²) < 4.78 is 0. The van der Waals surface area contributed by atoms with Gasteiger partial charge in [-0.25, -0.2) is 0 Å². The van der Waals surface area contributed by atoms with Gasteiger partial charge in [-0.3, -0.25) is 0 Å². The van der Waals surface area contributed by atoms with Crippen LogP contribution in [-0.2, 0) is 0 Å². The van der Waals surface area contributed by atoms with E-state index in [4.69, 9.17) is 0 Å². The molecular formula is C12H22N6S2. The molecule has 0 amide bonds. The molecule has 1 atom stereocenters. The first-order valence-corrected chi connectivity index (χ1v) is 7.64. The van der Waals surface area contributed by atoms with Crippen LogP contribution in [0.5, 0.6) is 0 Å². The number of thiol groups is 2. The smallest absolute Gasteiger partial charge is 0.180 e. The molecule has 0 spiro atoms. The maximum Gasteiger partial charge on any atom is 0.180 e. The van der Waals surface area contributed by atoms with Gasteiger partial charge >= 0.3 is 0 Å². The van der Waals surface area contributed by atoms with Gasteiger partial charge in [0.1, 0.15) is 0 Å². The predicted molar refractivity (Wildman–Crippen MR) is 93.5 cm³/mol. The van der Waals surface area contributed by atoms with Crippen molar-refractivity contribution in [3.63, 3.8) is 0 Å². The Morgan fingerprint density at radius 1 is 1.10 bits per heavy atom. The van der Waals surface area contributed by atoms with Gasteiger partial charge in [0.05, 0.1) is 11.4 Å². The molecule has 1 aliphatic carbocycles. The van der Waals surface area contributed by atoms with E-state index in [1.807, 2.05) is 13.8 Å². The number of nitrogens with one attached hydrogen (secondary N) is 2. The van der Waals surface area contributed by atoms with E-state index in [0.29, 0.717) is 16.3 Å². The van der Waals surface area contributed by atoms with Crippen LogP contribution in [0, 0.1) is 5.92 Å². The molecule has 0 heterocycles. The number of hydrogen-bond acceptors (Lipinski definition) is 4. The monoisotopic (exact) mass is 314 g/mol. The highest BCUT2D eigenvalue weighted by Crippen LogP contribution is 2.21. The fraction of sp³-hybridized carbons (Fsp3) is 0.667. The van der Waals surface area contributed by atoms with Crippen molar-refractivity contribution in [3.8, 4) is 0 Å². The summed E-state index contributed by atoms with van der Waals surface area (Å²) in [7, 11) is 0. The van der Waals surface area contributed by atoms with Crippen LogP contribution < -0.4 is 10.6 Å². The van der Waals surface area contributed by atoms with E-state index in [1.165, 1.54) is 0 Å². The van der Waals surface area contributed by atoms with Gasteiger partial charge in [-0.05, 0) is 26.7 Å². The Bertz CT molecular complexity index is 441. The van der Waals surface area contributed by atoms with Crippen LogP contribution in [0.25, 0.3) is 0 Å². The average molecular weight is 314 g/mol. The van der Waals surface area contributed by atoms with Crippen molar-refractivity contribution in [2.75, 3.05) is 13.1 Å². The molecular weight excluding hydrogens is 292 g/mol. The Balaban J connectivity index is 2.86. The fourth-order valence-electron chi connectivity index (χ4n) is 1.76. The van der Waals surface area contributed by atoms with Crippen molar-refractivity contribution >= 4 is 47.0 Å². The Morgan fingerprint density at radius 2 is 1.65 bits per heavy atom. The molecule has 6 nitrogen and oxygen atoms in total. The van der Waals surface area contributed by atoms with Crippen molar-refractivity contribution in [1.82, 2.24) is 10.6 Å². The van der Waals surface area contributed by atoms with E-state index < -0.39 is 0 Å². The number of amidine groups is 2. The van der Waals surface area contributed by atoms with Gasteiger partial charge in [0.2, 0.25) is 0 Å². The first-order valence-electron chi connectivity index (χ1n) is 6.74. The molecule has 0 saturated heterocycles. The zero-order valence-corrected chi connectivity index (χ0v) is 13.9. The topological polar surface area (TPSA) is 73.5 Å². The largest absolute Gasteiger partial charge is 0.364 e. The first kappa shape index (κ1) is 17.0. The average Bonchev–Trinajstić information content (AvgIpc) is 2.75. The minimum atomic E-state index is 0.331. The van der Waals surface area contributed by atoms with Gasteiger partial charge in [-0.15, -0.1) is 35.5 Å². The summed E-state index contributed by atoms with van der Waals surface area (Å²) >= 11 is 8.39. The SMILES string of the molecule is CCN/C(S)=N/N=C1\CCC(C)\C1=N/N=C(\S)NCC. The summed E-state index contributed by atoms with van der Waals surface area (Å²) in [5, 5.41) is 23.5. The number of nitrogens with zero attached hydrogens (tertiary/aromatic N) is 4. The highest BCUT2D eigenvalue weighted by atomic mass is 32.1. The third-order valence-corrected chi connectivity index (χ3v) is 3.26. The molecule has 1 rings (SSSR count). The molecule has 0 aromatic heterocycles. The van der Waals surface area contributed by atoms with E-state index in [0.717, 1.165) is 37.4 Å². The quantitative estimate of drug-likeness (QED) is 0.277. The fourth-order valence-corrected chi connectivity index (χ4v) is 2.16. The summed E-state index contributed by atoms with van der Waals surface area (Å²) in [6.07, 6.45) is 1.87. The molecule has 8 heteroatoms. The van der Waals surface area contributed by atoms with Crippen molar-refractivity contribution in [1.29, 1.82) is 0 Å². The summed E-state index contributed by atoms with van der Waals surface area (Å²) in [5.41, 5.74) is 1.74. The molecule has 1 fully saturated rings. The summed E-state index contributed by atoms with van der Waals surface area (Å²) in [4.78, 5) is 0. The lowest BCUT2D eigenvalue weighted by atomic mass is 10.1. The minimum Gasteiger partial charge on any atom is -0.364 e. The van der Waals surface area contributed by atoms with E-state index in [2.05, 4.69) is 63.2 Å². The standard InChI is InChI=1S/C12H22N6S2/c1-4-13-11(19)17-15-9-7-6-8(3)10(9)16-18-12(20)14-5-2/h8H,4-7H2,1-3H3,(H2,13,17,19)(H2,14,18,20)/b15-9+,16-10+. The molecule has 0 bridgehead atoms. The number of rotatable bonds is 4. The van der Waals surface area contributed by atoms with Gasteiger partial charge in [0, 0.05) is 19.0 Å². The van der Waals surface area contributed by atoms with Crippen LogP contribution in [0.15, 0.2) is 20.4 Å². The zero-order valence-electron chi connectivity index (χ0n) is 12.1. The lowest BCUT2D eigenvalue weighted by molar-refractivity contribution is 0.744. The molecule has 112 valence electrons. The molecule has 0 radical (unpaired) electrons. The molecule has 0 aromatic rings. The Morgan fingerprint density at radius 3 is 2.20 bits per heavy atom. The summed E-state index contributed by atoms with van der Waals surface area (Å²) in [5.74, 6) is 0.331. The second-order valence-electron chi connectivity index (χ2n) is 4.38. The van der Waals surface area contributed by atoms with Crippen LogP contribution in [0.3, 0.4) is 0 Å². The van der Waals surface area contributed by atoms with Crippen LogP contribution >= 0.6 is 25.3 Å². The molecule has 1 saturated carbocycles. The Hall–Kier alpha value is -1.02. The molecule has 1 unspecified atom stereocenters. The molecule has 2 N–H and O–H groups in total. The van der Waals surface area contributed by atoms with E-state index in [1.54, 1.807) is 0 Å². The van der Waals surface area contributed by atoms with E-state index in [9.17, 15) is 0 Å². The molecule has 1 aliphatic rings. The Kier molecular flexibility index (Phi) is 7.68. The third-order valence-electron chi connectivity index (χ3n) is 2.76. The lowest BCUT2D eigenvalue weighted by Crippen LogP contribution is -2.18. The summed E-state index contributed by atoms with van der Waals surface area (Å²) in [6.45, 7) is 7.60. The van der Waals surface area contributed by atoms with Crippen LogP contribution in [0.2, 0.25) is 0 Å². The predicted octanol–water partition coefficient (Wildman–Crippen LogP) is 1.92. The second kappa shape index (κ2) is 9.02. The normalized spacial score (nSPS) is 24.6. The molecule has 0 aromatic carbocycles. The van der Waals surface area contributed by atoms with Crippen molar-refractivity contribution < 1.29 is 0 Å². The lowest BCUT2D eigenvalue weighted by Gasteiger charge is -2.02. The minimum absolute atomic E-state index is 0.331. The van der Waals surface area contributed by atoms with Gasteiger partial charge in [0.25, 0.3) is 0 Å². The van der Waals surface area contributed by atoms with Gasteiger partial charge < -0.3 is 10.6 Å². The highest BCUT2D eigenvalue weighted by molar-refractivity contribution is 7.97.